The van der Waals surface area contributed by atoms with Crippen molar-refractivity contribution in [2.75, 3.05) is 11.9 Å². The summed E-state index contributed by atoms with van der Waals surface area (Å²) in [5.74, 6) is -0.232. The van der Waals surface area contributed by atoms with Crippen LogP contribution in [0.15, 0.2) is 36.4 Å². The smallest absolute Gasteiger partial charge is 0.341 e. The van der Waals surface area contributed by atoms with E-state index in [1.54, 1.807) is 6.92 Å². The largest absolute Gasteiger partial charge is 0.462 e. The molecule has 4 nitrogen and oxygen atoms in total. The van der Waals surface area contributed by atoms with Crippen LogP contribution in [0.1, 0.15) is 67.8 Å². The van der Waals surface area contributed by atoms with Gasteiger partial charge >= 0.3 is 5.97 Å². The molecular formula is C22H29NO3S. The minimum absolute atomic E-state index is 0.136. The van der Waals surface area contributed by atoms with Gasteiger partial charge in [0.15, 0.2) is 0 Å². The summed E-state index contributed by atoms with van der Waals surface area (Å²) in [5.41, 5.74) is 1.56. The van der Waals surface area contributed by atoms with Gasteiger partial charge in [0.05, 0.1) is 18.6 Å². The van der Waals surface area contributed by atoms with Crippen LogP contribution in [-0.2, 0) is 16.0 Å². The Morgan fingerprint density at radius 1 is 1.19 bits per heavy atom. The molecule has 0 aliphatic heterocycles. The number of nitrogens with one attached hydrogen (secondary N) is 1. The highest BCUT2D eigenvalue weighted by Crippen LogP contribution is 2.38. The van der Waals surface area contributed by atoms with Crippen molar-refractivity contribution in [1.82, 2.24) is 0 Å². The van der Waals surface area contributed by atoms with E-state index in [1.807, 2.05) is 36.4 Å². The molecule has 0 radical (unpaired) electrons. The molecule has 0 bridgehead atoms. The predicted octanol–water partition coefficient (Wildman–Crippen LogP) is 5.65. The molecule has 0 saturated carbocycles. The van der Waals surface area contributed by atoms with Crippen molar-refractivity contribution in [3.05, 3.63) is 52.4 Å². The number of rotatable bonds is 7. The Kier molecular flexibility index (Phi) is 7.19. The summed E-state index contributed by atoms with van der Waals surface area (Å²) in [4.78, 5) is 25.9. The van der Waals surface area contributed by atoms with Crippen LogP contribution in [-0.4, -0.2) is 18.5 Å². The molecule has 27 heavy (non-hydrogen) atoms. The molecule has 0 saturated heterocycles. The summed E-state index contributed by atoms with van der Waals surface area (Å²) in [7, 11) is 0. The maximum absolute atomic E-state index is 12.5. The van der Waals surface area contributed by atoms with E-state index in [2.05, 4.69) is 33.0 Å². The lowest BCUT2D eigenvalue weighted by molar-refractivity contribution is -0.115. The van der Waals surface area contributed by atoms with Crippen molar-refractivity contribution in [3.8, 4) is 0 Å². The van der Waals surface area contributed by atoms with Gasteiger partial charge in [0.1, 0.15) is 5.00 Å². The fourth-order valence-corrected chi connectivity index (χ4v) is 4.19. The summed E-state index contributed by atoms with van der Waals surface area (Å²) in [6.07, 6.45) is 1.26. The van der Waals surface area contributed by atoms with Gasteiger partial charge in [-0.1, -0.05) is 58.0 Å². The molecule has 1 aromatic carbocycles. The molecule has 1 heterocycles. The molecule has 0 fully saturated rings. The molecule has 1 amide bonds. The second kappa shape index (κ2) is 9.18. The lowest BCUT2D eigenvalue weighted by atomic mass is 9.85. The average Bonchev–Trinajstić information content (AvgIpc) is 2.98. The third kappa shape index (κ3) is 6.51. The predicted molar refractivity (Wildman–Crippen MR) is 112 cm³/mol. The lowest BCUT2D eigenvalue weighted by Gasteiger charge is -2.22. The van der Waals surface area contributed by atoms with Crippen LogP contribution in [0.5, 0.6) is 0 Å². The van der Waals surface area contributed by atoms with Gasteiger partial charge in [-0.3, -0.25) is 4.79 Å². The Balaban J connectivity index is 2.21. The number of carbonyl (C=O) groups is 2. The molecule has 0 spiro atoms. The third-order valence-corrected chi connectivity index (χ3v) is 5.39. The van der Waals surface area contributed by atoms with Crippen LogP contribution in [0.25, 0.3) is 0 Å². The van der Waals surface area contributed by atoms with Crippen LogP contribution in [0.4, 0.5) is 5.00 Å². The highest BCUT2D eigenvalue weighted by molar-refractivity contribution is 7.16. The number of amides is 1. The van der Waals surface area contributed by atoms with Gasteiger partial charge in [-0.05, 0) is 36.3 Å². The maximum Gasteiger partial charge on any atom is 0.341 e. The molecule has 0 aliphatic rings. The quantitative estimate of drug-likeness (QED) is 0.625. The molecule has 1 aromatic heterocycles. The van der Waals surface area contributed by atoms with E-state index in [9.17, 15) is 9.59 Å². The van der Waals surface area contributed by atoms with Gasteiger partial charge in [0.2, 0.25) is 5.91 Å². The molecule has 0 aliphatic carbocycles. The van der Waals surface area contributed by atoms with Crippen LogP contribution in [0, 0.1) is 5.41 Å². The summed E-state index contributed by atoms with van der Waals surface area (Å²) < 4.78 is 5.18. The second-order valence-electron chi connectivity index (χ2n) is 7.99. The van der Waals surface area contributed by atoms with E-state index in [1.165, 1.54) is 11.3 Å². The fraction of sp³-hybridized carbons (Fsp3) is 0.455. The number of anilines is 1. The Morgan fingerprint density at radius 2 is 1.85 bits per heavy atom. The molecule has 2 rings (SSSR count). The van der Waals surface area contributed by atoms with Crippen molar-refractivity contribution < 1.29 is 14.3 Å². The summed E-state index contributed by atoms with van der Waals surface area (Å²) in [6.45, 7) is 10.8. The first-order valence-corrected chi connectivity index (χ1v) is 10.2. The Morgan fingerprint density at radius 3 is 2.44 bits per heavy atom. The minimum atomic E-state index is -0.391. The van der Waals surface area contributed by atoms with Crippen molar-refractivity contribution in [2.45, 2.75) is 53.4 Å². The molecule has 5 heteroatoms. The summed E-state index contributed by atoms with van der Waals surface area (Å²) in [6, 6.07) is 11.4. The zero-order valence-electron chi connectivity index (χ0n) is 16.8. The molecule has 0 unspecified atom stereocenters. The number of esters is 1. The fourth-order valence-electron chi connectivity index (χ4n) is 3.08. The van der Waals surface area contributed by atoms with Gasteiger partial charge in [0, 0.05) is 4.88 Å². The van der Waals surface area contributed by atoms with Gasteiger partial charge in [-0.15, -0.1) is 11.3 Å². The van der Waals surface area contributed by atoms with Crippen molar-refractivity contribution in [2.24, 2.45) is 5.41 Å². The average molecular weight is 388 g/mol. The number of benzene rings is 1. The van der Waals surface area contributed by atoms with E-state index in [4.69, 9.17) is 4.74 Å². The van der Waals surface area contributed by atoms with Crippen LogP contribution in [0.2, 0.25) is 0 Å². The highest BCUT2D eigenvalue weighted by Gasteiger charge is 2.24. The SMILES string of the molecule is CCOC(=O)c1cc([C@H](C)CC(C)(C)C)sc1NC(=O)Cc1ccccc1. The van der Waals surface area contributed by atoms with E-state index < -0.39 is 5.97 Å². The van der Waals surface area contributed by atoms with Gasteiger partial charge < -0.3 is 10.1 Å². The monoisotopic (exact) mass is 387 g/mol. The Hall–Kier alpha value is -2.14. The van der Waals surface area contributed by atoms with Crippen LogP contribution < -0.4 is 5.32 Å². The lowest BCUT2D eigenvalue weighted by Crippen LogP contribution is -2.16. The molecule has 2 aromatic rings. The molecule has 1 atom stereocenters. The minimum Gasteiger partial charge on any atom is -0.462 e. The third-order valence-electron chi connectivity index (χ3n) is 4.11. The topological polar surface area (TPSA) is 55.4 Å². The number of hydrogen-bond donors (Lipinski definition) is 1. The van der Waals surface area contributed by atoms with Crippen LogP contribution in [0.3, 0.4) is 0 Å². The van der Waals surface area contributed by atoms with Gasteiger partial charge in [0.25, 0.3) is 0 Å². The second-order valence-corrected chi connectivity index (χ2v) is 9.07. The van der Waals surface area contributed by atoms with E-state index in [0.29, 0.717) is 23.1 Å². The number of ether oxygens (including phenoxy) is 1. The van der Waals surface area contributed by atoms with Gasteiger partial charge in [-0.2, -0.15) is 0 Å². The molecule has 146 valence electrons. The van der Waals surface area contributed by atoms with Crippen LogP contribution >= 0.6 is 11.3 Å². The molecule has 1 N–H and O–H groups in total. The summed E-state index contributed by atoms with van der Waals surface area (Å²) >= 11 is 1.47. The standard InChI is InChI=1S/C22H29NO3S/c1-6-26-21(25)17-13-18(15(2)14-22(3,4)5)27-20(17)23-19(24)12-16-10-8-7-9-11-16/h7-11,13,15H,6,12,14H2,1-5H3,(H,23,24)/t15-/m1/s1. The number of thiophene rings is 1. The van der Waals surface area contributed by atoms with Crippen molar-refractivity contribution in [1.29, 1.82) is 0 Å². The number of hydrogen-bond acceptors (Lipinski definition) is 4. The zero-order valence-corrected chi connectivity index (χ0v) is 17.6. The first kappa shape index (κ1) is 21.2. The normalized spacial score (nSPS) is 12.5. The maximum atomic E-state index is 12.5. The first-order chi connectivity index (χ1) is 12.7. The van der Waals surface area contributed by atoms with E-state index in [-0.39, 0.29) is 17.7 Å². The zero-order chi connectivity index (χ0) is 20.0. The highest BCUT2D eigenvalue weighted by atomic mass is 32.1. The van der Waals surface area contributed by atoms with Crippen molar-refractivity contribution >= 4 is 28.2 Å². The van der Waals surface area contributed by atoms with Gasteiger partial charge in [-0.25, -0.2) is 4.79 Å². The Labute approximate surface area is 165 Å². The molecular weight excluding hydrogens is 358 g/mol. The first-order valence-electron chi connectivity index (χ1n) is 9.34. The number of carbonyl (C=O) groups excluding carboxylic acids is 2. The van der Waals surface area contributed by atoms with Crippen molar-refractivity contribution in [3.63, 3.8) is 0 Å². The Bertz CT molecular complexity index is 775. The van der Waals surface area contributed by atoms with E-state index in [0.717, 1.165) is 16.9 Å². The summed E-state index contributed by atoms with van der Waals surface area (Å²) in [5, 5.41) is 3.49. The van der Waals surface area contributed by atoms with E-state index >= 15 is 0 Å².